The van der Waals surface area contributed by atoms with E-state index in [2.05, 4.69) is 5.32 Å². The molecule has 2 rings (SSSR count). The zero-order valence-electron chi connectivity index (χ0n) is 12.5. The lowest BCUT2D eigenvalue weighted by atomic mass is 10.1. The smallest absolute Gasteiger partial charge is 0.292 e. The molecule has 5 nitrogen and oxygen atoms in total. The Kier molecular flexibility index (Phi) is 4.42. The lowest BCUT2D eigenvalue weighted by molar-refractivity contribution is -0.384. The number of nitro groups is 1. The van der Waals surface area contributed by atoms with Crippen LogP contribution >= 0.6 is 0 Å². The molecule has 0 heterocycles. The fourth-order valence-electron chi connectivity index (χ4n) is 2.08. The van der Waals surface area contributed by atoms with Gasteiger partial charge in [-0.05, 0) is 30.7 Å². The van der Waals surface area contributed by atoms with Crippen LogP contribution in [0.3, 0.4) is 0 Å². The van der Waals surface area contributed by atoms with Gasteiger partial charge in [-0.2, -0.15) is 0 Å². The molecule has 0 amide bonds. The third-order valence-corrected chi connectivity index (χ3v) is 3.27. The molecule has 0 radical (unpaired) electrons. The standard InChI is InChI=1S/C16H19N3O2/c1-12-4-7-14(8-5-12)17-11-13-6-9-15(18(2)3)16(10-13)19(20)21/h4-10,17H,11H2,1-3H3. The van der Waals surface area contributed by atoms with Crippen molar-refractivity contribution in [3.63, 3.8) is 0 Å². The summed E-state index contributed by atoms with van der Waals surface area (Å²) in [4.78, 5) is 12.6. The Morgan fingerprint density at radius 2 is 1.81 bits per heavy atom. The first-order valence-corrected chi connectivity index (χ1v) is 6.72. The van der Waals surface area contributed by atoms with Gasteiger partial charge in [0.15, 0.2) is 0 Å². The highest BCUT2D eigenvalue weighted by atomic mass is 16.6. The van der Waals surface area contributed by atoms with Crippen LogP contribution in [0, 0.1) is 17.0 Å². The normalized spacial score (nSPS) is 10.2. The third-order valence-electron chi connectivity index (χ3n) is 3.27. The van der Waals surface area contributed by atoms with Gasteiger partial charge in [0, 0.05) is 32.4 Å². The minimum absolute atomic E-state index is 0.128. The van der Waals surface area contributed by atoms with E-state index >= 15 is 0 Å². The molecule has 0 saturated carbocycles. The molecule has 0 aromatic heterocycles. The van der Waals surface area contributed by atoms with Crippen molar-refractivity contribution in [2.24, 2.45) is 0 Å². The number of nitrogens with zero attached hydrogens (tertiary/aromatic N) is 2. The molecule has 2 aromatic carbocycles. The highest BCUT2D eigenvalue weighted by molar-refractivity contribution is 5.63. The molecule has 110 valence electrons. The molecule has 0 unspecified atom stereocenters. The maximum Gasteiger partial charge on any atom is 0.292 e. The van der Waals surface area contributed by atoms with Gasteiger partial charge in [-0.25, -0.2) is 0 Å². The topological polar surface area (TPSA) is 58.4 Å². The summed E-state index contributed by atoms with van der Waals surface area (Å²) in [5, 5.41) is 14.4. The van der Waals surface area contributed by atoms with Crippen LogP contribution in [0.4, 0.5) is 17.1 Å². The number of nitrogens with one attached hydrogen (secondary N) is 1. The molecule has 0 spiro atoms. The molecule has 5 heteroatoms. The van der Waals surface area contributed by atoms with Gasteiger partial charge in [0.1, 0.15) is 5.69 Å². The molecule has 0 aliphatic rings. The summed E-state index contributed by atoms with van der Waals surface area (Å²) < 4.78 is 0. The van der Waals surface area contributed by atoms with E-state index in [1.54, 1.807) is 31.1 Å². The number of nitro benzene ring substituents is 1. The van der Waals surface area contributed by atoms with E-state index in [1.807, 2.05) is 37.3 Å². The fourth-order valence-corrected chi connectivity index (χ4v) is 2.08. The average molecular weight is 285 g/mol. The summed E-state index contributed by atoms with van der Waals surface area (Å²) in [5.41, 5.74) is 3.82. The van der Waals surface area contributed by atoms with Gasteiger partial charge >= 0.3 is 0 Å². The Labute approximate surface area is 124 Å². The first-order chi connectivity index (χ1) is 9.97. The summed E-state index contributed by atoms with van der Waals surface area (Å²) in [7, 11) is 3.60. The Balaban J connectivity index is 2.15. The molecule has 0 atom stereocenters. The van der Waals surface area contributed by atoms with Crippen molar-refractivity contribution in [2.75, 3.05) is 24.3 Å². The van der Waals surface area contributed by atoms with E-state index in [-0.39, 0.29) is 10.6 Å². The van der Waals surface area contributed by atoms with E-state index in [0.717, 1.165) is 11.3 Å². The van der Waals surface area contributed by atoms with Crippen LogP contribution in [-0.2, 0) is 6.54 Å². The van der Waals surface area contributed by atoms with Gasteiger partial charge in [-0.1, -0.05) is 23.8 Å². The molecule has 21 heavy (non-hydrogen) atoms. The van der Waals surface area contributed by atoms with Crippen molar-refractivity contribution in [1.82, 2.24) is 0 Å². The van der Waals surface area contributed by atoms with Gasteiger partial charge < -0.3 is 10.2 Å². The van der Waals surface area contributed by atoms with Crippen LogP contribution in [-0.4, -0.2) is 19.0 Å². The van der Waals surface area contributed by atoms with Crippen LogP contribution in [0.25, 0.3) is 0 Å². The number of hydrogen-bond acceptors (Lipinski definition) is 4. The maximum atomic E-state index is 11.1. The summed E-state index contributed by atoms with van der Waals surface area (Å²) in [6.07, 6.45) is 0. The Hall–Kier alpha value is -2.56. The van der Waals surface area contributed by atoms with E-state index in [4.69, 9.17) is 0 Å². The predicted octanol–water partition coefficient (Wildman–Crippen LogP) is 3.58. The molecule has 0 saturated heterocycles. The molecular formula is C16H19N3O2. The second-order valence-electron chi connectivity index (χ2n) is 5.19. The van der Waals surface area contributed by atoms with Crippen LogP contribution in [0.5, 0.6) is 0 Å². The van der Waals surface area contributed by atoms with Crippen LogP contribution < -0.4 is 10.2 Å². The fraction of sp³-hybridized carbons (Fsp3) is 0.250. The number of rotatable bonds is 5. The van der Waals surface area contributed by atoms with E-state index in [1.165, 1.54) is 5.56 Å². The number of aryl methyl sites for hydroxylation is 1. The van der Waals surface area contributed by atoms with Crippen molar-refractivity contribution >= 4 is 17.1 Å². The summed E-state index contributed by atoms with van der Waals surface area (Å²) in [6, 6.07) is 13.4. The maximum absolute atomic E-state index is 11.1. The minimum atomic E-state index is -0.343. The summed E-state index contributed by atoms with van der Waals surface area (Å²) in [5.74, 6) is 0. The number of anilines is 2. The first kappa shape index (κ1) is 14.8. The molecule has 1 N–H and O–H groups in total. The van der Waals surface area contributed by atoms with Crippen molar-refractivity contribution in [2.45, 2.75) is 13.5 Å². The average Bonchev–Trinajstić information content (AvgIpc) is 2.46. The highest BCUT2D eigenvalue weighted by Gasteiger charge is 2.15. The molecule has 0 aliphatic carbocycles. The summed E-state index contributed by atoms with van der Waals surface area (Å²) >= 11 is 0. The Morgan fingerprint density at radius 1 is 1.14 bits per heavy atom. The molecule has 0 fully saturated rings. The van der Waals surface area contributed by atoms with Crippen LogP contribution in [0.2, 0.25) is 0 Å². The zero-order valence-corrected chi connectivity index (χ0v) is 12.5. The van der Waals surface area contributed by atoms with Crippen molar-refractivity contribution in [3.05, 3.63) is 63.7 Å². The van der Waals surface area contributed by atoms with E-state index < -0.39 is 0 Å². The first-order valence-electron chi connectivity index (χ1n) is 6.72. The van der Waals surface area contributed by atoms with Crippen molar-refractivity contribution < 1.29 is 4.92 Å². The van der Waals surface area contributed by atoms with E-state index in [0.29, 0.717) is 12.2 Å². The molecule has 0 bridgehead atoms. The molecule has 0 aliphatic heterocycles. The summed E-state index contributed by atoms with van der Waals surface area (Å²) in [6.45, 7) is 2.59. The van der Waals surface area contributed by atoms with Gasteiger partial charge in [0.2, 0.25) is 0 Å². The largest absolute Gasteiger partial charge is 0.381 e. The second-order valence-corrected chi connectivity index (χ2v) is 5.19. The second kappa shape index (κ2) is 6.26. The van der Waals surface area contributed by atoms with Gasteiger partial charge in [-0.15, -0.1) is 0 Å². The quantitative estimate of drug-likeness (QED) is 0.674. The van der Waals surface area contributed by atoms with Gasteiger partial charge in [-0.3, -0.25) is 10.1 Å². The van der Waals surface area contributed by atoms with E-state index in [9.17, 15) is 10.1 Å². The monoisotopic (exact) mass is 285 g/mol. The van der Waals surface area contributed by atoms with Gasteiger partial charge in [0.25, 0.3) is 5.69 Å². The molecule has 2 aromatic rings. The van der Waals surface area contributed by atoms with Gasteiger partial charge in [0.05, 0.1) is 4.92 Å². The number of hydrogen-bond donors (Lipinski definition) is 1. The van der Waals surface area contributed by atoms with Crippen molar-refractivity contribution in [1.29, 1.82) is 0 Å². The predicted molar refractivity (Wildman–Crippen MR) is 85.9 cm³/mol. The van der Waals surface area contributed by atoms with Crippen LogP contribution in [0.1, 0.15) is 11.1 Å². The molecular weight excluding hydrogens is 266 g/mol. The SMILES string of the molecule is Cc1ccc(NCc2ccc(N(C)C)c([N+](=O)[O-])c2)cc1. The van der Waals surface area contributed by atoms with Crippen LogP contribution in [0.15, 0.2) is 42.5 Å². The Bertz CT molecular complexity index is 636. The lowest BCUT2D eigenvalue weighted by Crippen LogP contribution is -2.11. The lowest BCUT2D eigenvalue weighted by Gasteiger charge is -2.14. The minimum Gasteiger partial charge on any atom is -0.381 e. The Morgan fingerprint density at radius 3 is 2.38 bits per heavy atom. The zero-order chi connectivity index (χ0) is 15.4. The van der Waals surface area contributed by atoms with Crippen molar-refractivity contribution in [3.8, 4) is 0 Å². The number of benzene rings is 2. The highest BCUT2D eigenvalue weighted by Crippen LogP contribution is 2.28. The third kappa shape index (κ3) is 3.72.